The van der Waals surface area contributed by atoms with E-state index in [1.165, 1.54) is 25.3 Å². The minimum absolute atomic E-state index is 0.0887. The number of nitrogens with zero attached hydrogens (tertiary/aromatic N) is 1. The van der Waals surface area contributed by atoms with Crippen LogP contribution in [0.25, 0.3) is 5.03 Å². The van der Waals surface area contributed by atoms with Gasteiger partial charge in [0.25, 0.3) is 0 Å². The summed E-state index contributed by atoms with van der Waals surface area (Å²) in [6.45, 7) is 3.52. The van der Waals surface area contributed by atoms with Crippen LogP contribution in [-0.4, -0.2) is 12.0 Å². The monoisotopic (exact) mass is 213 g/mol. The number of nitro benzene ring substituents is 1. The van der Waals surface area contributed by atoms with Gasteiger partial charge in [-0.1, -0.05) is 18.2 Å². The summed E-state index contributed by atoms with van der Waals surface area (Å²) in [5.41, 5.74) is 0.517. The average molecular weight is 214 g/mol. The summed E-state index contributed by atoms with van der Waals surface area (Å²) in [6.07, 6.45) is 0. The lowest BCUT2D eigenvalue weighted by Gasteiger charge is -2.03. The van der Waals surface area contributed by atoms with Crippen LogP contribution in [0.15, 0.2) is 24.8 Å². The summed E-state index contributed by atoms with van der Waals surface area (Å²) in [7, 11) is 1.36. The van der Waals surface area contributed by atoms with E-state index in [2.05, 4.69) is 6.58 Å². The molecule has 0 heterocycles. The van der Waals surface area contributed by atoms with Crippen LogP contribution in [0, 0.1) is 10.1 Å². The maximum absolute atomic E-state index is 10.5. The molecule has 0 radical (unpaired) electrons. The summed E-state index contributed by atoms with van der Waals surface area (Å²) in [6, 6.07) is 4.34. The van der Waals surface area contributed by atoms with Gasteiger partial charge in [0, 0.05) is 11.1 Å². The van der Waals surface area contributed by atoms with Gasteiger partial charge in [0.2, 0.25) is 0 Å². The van der Waals surface area contributed by atoms with Crippen molar-refractivity contribution in [2.75, 3.05) is 7.11 Å². The minimum Gasteiger partial charge on any atom is -0.490 e. The third-order valence-corrected chi connectivity index (χ3v) is 1.91. The predicted octanol–water partition coefficient (Wildman–Crippen LogP) is 2.81. The van der Waals surface area contributed by atoms with Crippen LogP contribution >= 0.6 is 11.6 Å². The second kappa shape index (κ2) is 4.11. The van der Waals surface area contributed by atoms with E-state index in [9.17, 15) is 10.1 Å². The molecule has 0 amide bonds. The summed E-state index contributed by atoms with van der Waals surface area (Å²) in [5.74, 6) is 0.175. The van der Waals surface area contributed by atoms with E-state index in [0.717, 1.165) is 0 Å². The molecular weight excluding hydrogens is 206 g/mol. The molecule has 0 saturated heterocycles. The molecule has 0 aliphatic carbocycles. The average Bonchev–Trinajstić information content (AvgIpc) is 2.16. The predicted molar refractivity (Wildman–Crippen MR) is 54.5 cm³/mol. The summed E-state index contributed by atoms with van der Waals surface area (Å²) >= 11 is 5.64. The smallest absolute Gasteiger partial charge is 0.310 e. The van der Waals surface area contributed by atoms with Crippen molar-refractivity contribution in [3.05, 3.63) is 40.5 Å². The van der Waals surface area contributed by atoms with Gasteiger partial charge in [0.05, 0.1) is 12.0 Å². The Morgan fingerprint density at radius 2 is 2.29 bits per heavy atom. The molecule has 1 aromatic rings. The fourth-order valence-corrected chi connectivity index (χ4v) is 1.11. The van der Waals surface area contributed by atoms with Gasteiger partial charge < -0.3 is 4.74 Å². The Morgan fingerprint density at radius 3 is 2.71 bits per heavy atom. The minimum atomic E-state index is -0.514. The molecule has 0 unspecified atom stereocenters. The fraction of sp³-hybridized carbons (Fsp3) is 0.111. The highest BCUT2D eigenvalue weighted by Crippen LogP contribution is 2.30. The van der Waals surface area contributed by atoms with Gasteiger partial charge in [-0.05, 0) is 17.7 Å². The third-order valence-electron chi connectivity index (χ3n) is 1.69. The van der Waals surface area contributed by atoms with E-state index < -0.39 is 4.92 Å². The van der Waals surface area contributed by atoms with Gasteiger partial charge in [0.15, 0.2) is 5.75 Å². The van der Waals surface area contributed by atoms with Crippen LogP contribution in [0.3, 0.4) is 0 Å². The summed E-state index contributed by atoms with van der Waals surface area (Å²) in [4.78, 5) is 10.0. The maximum Gasteiger partial charge on any atom is 0.310 e. The zero-order valence-corrected chi connectivity index (χ0v) is 8.25. The number of hydrogen-bond donors (Lipinski definition) is 0. The van der Waals surface area contributed by atoms with Gasteiger partial charge in [-0.25, -0.2) is 0 Å². The van der Waals surface area contributed by atoms with Crippen molar-refractivity contribution >= 4 is 22.3 Å². The number of benzene rings is 1. The molecule has 0 saturated carbocycles. The van der Waals surface area contributed by atoms with Gasteiger partial charge in [-0.2, -0.15) is 0 Å². The Morgan fingerprint density at radius 1 is 1.64 bits per heavy atom. The van der Waals surface area contributed by atoms with Gasteiger partial charge >= 0.3 is 5.69 Å². The van der Waals surface area contributed by atoms with Crippen molar-refractivity contribution in [3.8, 4) is 5.75 Å². The second-order valence-corrected chi connectivity index (χ2v) is 3.00. The van der Waals surface area contributed by atoms with Crippen LogP contribution in [0.2, 0.25) is 0 Å². The maximum atomic E-state index is 10.5. The zero-order chi connectivity index (χ0) is 10.7. The first-order valence-corrected chi connectivity index (χ1v) is 4.11. The molecule has 74 valence electrons. The Balaban J connectivity index is 3.25. The van der Waals surface area contributed by atoms with Gasteiger partial charge in [-0.3, -0.25) is 10.1 Å². The molecule has 0 bridgehead atoms. The summed E-state index contributed by atoms with van der Waals surface area (Å²) in [5, 5.41) is 10.8. The number of methoxy groups -OCH3 is 1. The molecule has 0 atom stereocenters. The van der Waals surface area contributed by atoms with Crippen LogP contribution in [-0.2, 0) is 0 Å². The SMILES string of the molecule is C=C(Cl)c1ccc([N+](=O)[O-])c(OC)c1. The van der Waals surface area contributed by atoms with Crippen molar-refractivity contribution in [1.29, 1.82) is 0 Å². The van der Waals surface area contributed by atoms with Crippen molar-refractivity contribution in [1.82, 2.24) is 0 Å². The van der Waals surface area contributed by atoms with E-state index in [-0.39, 0.29) is 11.4 Å². The van der Waals surface area contributed by atoms with E-state index in [0.29, 0.717) is 10.6 Å². The molecule has 4 nitrogen and oxygen atoms in total. The van der Waals surface area contributed by atoms with Crippen LogP contribution in [0.4, 0.5) is 5.69 Å². The standard InChI is InChI=1S/C9H8ClNO3/c1-6(10)7-3-4-8(11(12)13)9(5-7)14-2/h3-5H,1H2,2H3. The molecule has 0 aliphatic rings. The zero-order valence-electron chi connectivity index (χ0n) is 7.49. The number of ether oxygens (including phenoxy) is 1. The lowest BCUT2D eigenvalue weighted by atomic mass is 10.2. The Bertz CT molecular complexity index is 390. The first kappa shape index (κ1) is 10.5. The Hall–Kier alpha value is -1.55. The molecule has 0 spiro atoms. The Labute approximate surface area is 85.9 Å². The lowest BCUT2D eigenvalue weighted by molar-refractivity contribution is -0.385. The van der Waals surface area contributed by atoms with Crippen molar-refractivity contribution in [3.63, 3.8) is 0 Å². The molecule has 0 N–H and O–H groups in total. The topological polar surface area (TPSA) is 52.4 Å². The first-order valence-electron chi connectivity index (χ1n) is 3.73. The van der Waals surface area contributed by atoms with Crippen LogP contribution in [0.1, 0.15) is 5.56 Å². The highest BCUT2D eigenvalue weighted by molar-refractivity contribution is 6.48. The van der Waals surface area contributed by atoms with Gasteiger partial charge in [-0.15, -0.1) is 0 Å². The number of hydrogen-bond acceptors (Lipinski definition) is 3. The largest absolute Gasteiger partial charge is 0.490 e. The van der Waals surface area contributed by atoms with E-state index >= 15 is 0 Å². The number of nitro groups is 1. The summed E-state index contributed by atoms with van der Waals surface area (Å²) < 4.78 is 4.86. The van der Waals surface area contributed by atoms with Crippen molar-refractivity contribution < 1.29 is 9.66 Å². The molecule has 0 fully saturated rings. The lowest BCUT2D eigenvalue weighted by Crippen LogP contribution is -1.94. The molecule has 1 aromatic carbocycles. The molecule has 0 aromatic heterocycles. The first-order chi connectivity index (χ1) is 6.56. The molecule has 14 heavy (non-hydrogen) atoms. The number of halogens is 1. The number of rotatable bonds is 3. The molecular formula is C9H8ClNO3. The van der Waals surface area contributed by atoms with Crippen LogP contribution in [0.5, 0.6) is 5.75 Å². The normalized spacial score (nSPS) is 9.57. The molecule has 1 rings (SSSR count). The Kier molecular flexibility index (Phi) is 3.09. The van der Waals surface area contributed by atoms with E-state index in [4.69, 9.17) is 16.3 Å². The molecule has 5 heteroatoms. The van der Waals surface area contributed by atoms with Crippen molar-refractivity contribution in [2.45, 2.75) is 0 Å². The third kappa shape index (κ3) is 2.03. The highest BCUT2D eigenvalue weighted by Gasteiger charge is 2.14. The van der Waals surface area contributed by atoms with Crippen molar-refractivity contribution in [2.24, 2.45) is 0 Å². The quantitative estimate of drug-likeness (QED) is 0.573. The van der Waals surface area contributed by atoms with Gasteiger partial charge in [0.1, 0.15) is 0 Å². The van der Waals surface area contributed by atoms with Crippen LogP contribution < -0.4 is 4.74 Å². The fourth-order valence-electron chi connectivity index (χ4n) is 0.997. The van der Waals surface area contributed by atoms with E-state index in [1.54, 1.807) is 0 Å². The highest BCUT2D eigenvalue weighted by atomic mass is 35.5. The molecule has 0 aliphatic heterocycles. The van der Waals surface area contributed by atoms with E-state index in [1.807, 2.05) is 0 Å². The second-order valence-electron chi connectivity index (χ2n) is 2.55.